The predicted molar refractivity (Wildman–Crippen MR) is 105 cm³/mol. The van der Waals surface area contributed by atoms with Gasteiger partial charge in [-0.05, 0) is 32.0 Å². The van der Waals surface area contributed by atoms with E-state index in [4.69, 9.17) is 10.5 Å². The molecule has 0 bridgehead atoms. The Morgan fingerprint density at radius 1 is 1.54 bits per heavy atom. The highest BCUT2D eigenvalue weighted by molar-refractivity contribution is 5.70. The predicted octanol–water partition coefficient (Wildman–Crippen LogP) is 3.22. The molecule has 28 heavy (non-hydrogen) atoms. The summed E-state index contributed by atoms with van der Waals surface area (Å²) in [5.74, 6) is 0.806. The van der Waals surface area contributed by atoms with Crippen LogP contribution in [0.25, 0.3) is 11.4 Å². The summed E-state index contributed by atoms with van der Waals surface area (Å²) in [6, 6.07) is 4.45. The van der Waals surface area contributed by atoms with Crippen molar-refractivity contribution in [1.82, 2.24) is 14.6 Å². The number of anilines is 1. The molecular formula is C20H22FN5O2. The fraction of sp³-hybridized carbons (Fsp3) is 0.300. The van der Waals surface area contributed by atoms with Gasteiger partial charge >= 0.3 is 0 Å². The zero-order valence-corrected chi connectivity index (χ0v) is 15.7. The van der Waals surface area contributed by atoms with Gasteiger partial charge in [0.2, 0.25) is 0 Å². The lowest BCUT2D eigenvalue weighted by Crippen LogP contribution is -2.39. The Hall–Kier alpha value is -3.13. The van der Waals surface area contributed by atoms with Crippen LogP contribution in [0.3, 0.4) is 0 Å². The summed E-state index contributed by atoms with van der Waals surface area (Å²) < 4.78 is 21.8. The van der Waals surface area contributed by atoms with E-state index in [1.807, 2.05) is 13.8 Å². The minimum absolute atomic E-state index is 0.106. The van der Waals surface area contributed by atoms with Crippen LogP contribution in [0.15, 0.2) is 37.2 Å². The summed E-state index contributed by atoms with van der Waals surface area (Å²) in [6.45, 7) is 7.70. The topological polar surface area (TPSA) is 97.7 Å². The number of rotatable bonds is 5. The number of aromatic nitrogens is 3. The van der Waals surface area contributed by atoms with Crippen LogP contribution in [-0.2, 0) is 6.42 Å². The molecule has 3 heterocycles. The second kappa shape index (κ2) is 6.49. The molecule has 0 saturated carbocycles. The maximum Gasteiger partial charge on any atom is 0.168 e. The number of nitrogens with one attached hydrogen (secondary N) is 1. The van der Waals surface area contributed by atoms with E-state index in [0.717, 1.165) is 5.56 Å². The SMILES string of the molecule is C=C(O)c1cnn2ccc(N[C@H](C)c3cc(F)cc4c3OC(C)(CN)C4)nc12. The van der Waals surface area contributed by atoms with E-state index in [9.17, 15) is 9.50 Å². The molecule has 0 aliphatic carbocycles. The van der Waals surface area contributed by atoms with Gasteiger partial charge in [0.15, 0.2) is 5.65 Å². The molecule has 0 fully saturated rings. The molecule has 4 rings (SSSR count). The summed E-state index contributed by atoms with van der Waals surface area (Å²) in [4.78, 5) is 4.50. The summed E-state index contributed by atoms with van der Waals surface area (Å²) in [6.07, 6.45) is 3.79. The third-order valence-electron chi connectivity index (χ3n) is 5.01. The van der Waals surface area contributed by atoms with Crippen molar-refractivity contribution in [3.8, 4) is 5.75 Å². The molecule has 4 N–H and O–H groups in total. The minimum atomic E-state index is -0.532. The number of benzene rings is 1. The number of aliphatic hydroxyl groups is 1. The molecule has 2 aromatic heterocycles. The zero-order chi connectivity index (χ0) is 20.1. The van der Waals surface area contributed by atoms with Gasteiger partial charge in [-0.2, -0.15) is 5.10 Å². The Kier molecular flexibility index (Phi) is 4.23. The monoisotopic (exact) mass is 383 g/mol. The lowest BCUT2D eigenvalue weighted by atomic mass is 9.97. The van der Waals surface area contributed by atoms with E-state index in [1.165, 1.54) is 18.3 Å². The van der Waals surface area contributed by atoms with Gasteiger partial charge in [-0.25, -0.2) is 13.9 Å². The van der Waals surface area contributed by atoms with Gasteiger partial charge in [0.1, 0.15) is 28.7 Å². The van der Waals surface area contributed by atoms with E-state index >= 15 is 0 Å². The van der Waals surface area contributed by atoms with Crippen molar-refractivity contribution in [3.63, 3.8) is 0 Å². The lowest BCUT2D eigenvalue weighted by molar-refractivity contribution is 0.124. The Bertz CT molecular complexity index is 1080. The Labute approximate surface area is 161 Å². The first-order chi connectivity index (χ1) is 13.3. The molecule has 1 aromatic carbocycles. The molecule has 146 valence electrons. The van der Waals surface area contributed by atoms with E-state index in [2.05, 4.69) is 22.0 Å². The van der Waals surface area contributed by atoms with E-state index in [-0.39, 0.29) is 17.6 Å². The quantitative estimate of drug-likeness (QED) is 0.585. The highest BCUT2D eigenvalue weighted by Gasteiger charge is 2.36. The molecule has 0 spiro atoms. The van der Waals surface area contributed by atoms with Crippen molar-refractivity contribution in [2.75, 3.05) is 11.9 Å². The molecule has 0 saturated heterocycles. The maximum absolute atomic E-state index is 14.2. The zero-order valence-electron chi connectivity index (χ0n) is 15.7. The Morgan fingerprint density at radius 3 is 3.04 bits per heavy atom. The maximum atomic E-state index is 14.2. The van der Waals surface area contributed by atoms with Gasteiger partial charge in [0.25, 0.3) is 0 Å². The van der Waals surface area contributed by atoms with Gasteiger partial charge in [-0.3, -0.25) is 0 Å². The summed E-state index contributed by atoms with van der Waals surface area (Å²) in [7, 11) is 0. The van der Waals surface area contributed by atoms with Crippen LogP contribution in [0.1, 0.15) is 36.6 Å². The smallest absolute Gasteiger partial charge is 0.168 e. The fourth-order valence-corrected chi connectivity index (χ4v) is 3.50. The van der Waals surface area contributed by atoms with E-state index < -0.39 is 5.60 Å². The van der Waals surface area contributed by atoms with Gasteiger partial charge in [-0.15, -0.1) is 0 Å². The van der Waals surface area contributed by atoms with Gasteiger partial charge in [-0.1, -0.05) is 6.58 Å². The van der Waals surface area contributed by atoms with E-state index in [0.29, 0.717) is 41.3 Å². The van der Waals surface area contributed by atoms with Crippen molar-refractivity contribution in [2.24, 2.45) is 5.73 Å². The Balaban J connectivity index is 1.67. The number of nitrogens with two attached hydrogens (primary N) is 1. The van der Waals surface area contributed by atoms with E-state index in [1.54, 1.807) is 16.8 Å². The highest BCUT2D eigenvalue weighted by atomic mass is 19.1. The molecule has 3 aromatic rings. The number of hydrogen-bond acceptors (Lipinski definition) is 6. The fourth-order valence-electron chi connectivity index (χ4n) is 3.50. The van der Waals surface area contributed by atoms with Gasteiger partial charge in [0, 0.05) is 30.3 Å². The third kappa shape index (κ3) is 3.05. The van der Waals surface area contributed by atoms with Crippen molar-refractivity contribution < 1.29 is 14.2 Å². The number of nitrogens with zero attached hydrogens (tertiary/aromatic N) is 3. The third-order valence-corrected chi connectivity index (χ3v) is 5.01. The standard InChI is InChI=1S/C20H22FN5O2/c1-11(15-7-14(21)6-13-8-20(3,10-22)28-18(13)15)24-17-4-5-26-19(25-17)16(9-23-26)12(2)27/h4-7,9,11,27H,2,8,10,22H2,1,3H3,(H,24,25)/t11-,20?/m1/s1. The lowest BCUT2D eigenvalue weighted by Gasteiger charge is -2.23. The van der Waals surface area contributed by atoms with Crippen molar-refractivity contribution in [1.29, 1.82) is 0 Å². The van der Waals surface area contributed by atoms with Crippen LogP contribution < -0.4 is 15.8 Å². The van der Waals surface area contributed by atoms with Crippen LogP contribution in [-0.4, -0.2) is 31.9 Å². The molecule has 1 aliphatic rings. The normalized spacial score (nSPS) is 19.3. The summed E-state index contributed by atoms with van der Waals surface area (Å²) in [5.41, 5.74) is 7.74. The first-order valence-corrected chi connectivity index (χ1v) is 9.00. The van der Waals surface area contributed by atoms with Crippen LogP contribution in [0.5, 0.6) is 5.75 Å². The van der Waals surface area contributed by atoms with Crippen LogP contribution in [0.4, 0.5) is 10.2 Å². The van der Waals surface area contributed by atoms with Gasteiger partial charge < -0.3 is 20.9 Å². The molecular weight excluding hydrogens is 361 g/mol. The second-order valence-electron chi connectivity index (χ2n) is 7.37. The summed E-state index contributed by atoms with van der Waals surface area (Å²) in [5, 5.41) is 17.1. The van der Waals surface area contributed by atoms with Crippen LogP contribution >= 0.6 is 0 Å². The van der Waals surface area contributed by atoms with Crippen molar-refractivity contribution in [3.05, 3.63) is 59.7 Å². The molecule has 2 atom stereocenters. The molecule has 1 aliphatic heterocycles. The number of ether oxygens (including phenoxy) is 1. The molecule has 0 amide bonds. The first-order valence-electron chi connectivity index (χ1n) is 9.00. The summed E-state index contributed by atoms with van der Waals surface area (Å²) >= 11 is 0. The minimum Gasteiger partial charge on any atom is -0.508 e. The Morgan fingerprint density at radius 2 is 2.32 bits per heavy atom. The molecule has 0 radical (unpaired) electrons. The number of fused-ring (bicyclic) bond motifs is 2. The molecule has 8 heteroatoms. The van der Waals surface area contributed by atoms with Crippen LogP contribution in [0, 0.1) is 5.82 Å². The first kappa shape index (κ1) is 18.2. The number of aliphatic hydroxyl groups excluding tert-OH is 1. The second-order valence-corrected chi connectivity index (χ2v) is 7.37. The van der Waals surface area contributed by atoms with Crippen molar-refractivity contribution >= 4 is 17.2 Å². The molecule has 1 unspecified atom stereocenters. The van der Waals surface area contributed by atoms with Crippen molar-refractivity contribution in [2.45, 2.75) is 31.9 Å². The van der Waals surface area contributed by atoms with Crippen LogP contribution in [0.2, 0.25) is 0 Å². The highest BCUT2D eigenvalue weighted by Crippen LogP contribution is 2.41. The average Bonchev–Trinajstić information content (AvgIpc) is 3.21. The number of halogens is 1. The number of hydrogen-bond donors (Lipinski definition) is 3. The largest absolute Gasteiger partial charge is 0.508 e. The van der Waals surface area contributed by atoms with Gasteiger partial charge in [0.05, 0.1) is 17.8 Å². The molecule has 7 nitrogen and oxygen atoms in total. The average molecular weight is 383 g/mol.